The zero-order valence-corrected chi connectivity index (χ0v) is 10.5. The van der Waals surface area contributed by atoms with Gasteiger partial charge in [-0.2, -0.15) is 5.10 Å². The van der Waals surface area contributed by atoms with E-state index in [2.05, 4.69) is 5.10 Å². The van der Waals surface area contributed by atoms with Gasteiger partial charge in [0.15, 0.2) is 0 Å². The molecule has 0 saturated heterocycles. The fourth-order valence-corrected chi connectivity index (χ4v) is 2.95. The van der Waals surface area contributed by atoms with E-state index in [9.17, 15) is 8.42 Å². The van der Waals surface area contributed by atoms with Crippen LogP contribution in [-0.4, -0.2) is 18.2 Å². The predicted octanol–water partition coefficient (Wildman–Crippen LogP) is 2.29. The molecule has 0 saturated carbocycles. The second kappa shape index (κ2) is 3.75. The summed E-state index contributed by atoms with van der Waals surface area (Å²) in [5.41, 5.74) is 1.47. The summed E-state index contributed by atoms with van der Waals surface area (Å²) in [6, 6.07) is 5.01. The Kier molecular flexibility index (Phi) is 2.67. The summed E-state index contributed by atoms with van der Waals surface area (Å²) in [5.74, 6) is 0. The lowest BCUT2D eigenvalue weighted by Gasteiger charge is -2.00. The van der Waals surface area contributed by atoms with Crippen molar-refractivity contribution in [3.05, 3.63) is 23.9 Å². The van der Waals surface area contributed by atoms with E-state index in [0.717, 1.165) is 5.52 Å². The lowest BCUT2D eigenvalue weighted by atomic mass is 10.2. The highest BCUT2D eigenvalue weighted by molar-refractivity contribution is 8.14. The Morgan fingerprint density at radius 1 is 1.44 bits per heavy atom. The fraction of sp³-hybridized carbons (Fsp3) is 0.300. The van der Waals surface area contributed by atoms with Gasteiger partial charge >= 0.3 is 0 Å². The molecule has 6 heteroatoms. The number of halogens is 1. The Labute approximate surface area is 98.2 Å². The molecule has 0 atom stereocenters. The number of hydrogen-bond donors (Lipinski definition) is 0. The van der Waals surface area contributed by atoms with Crippen molar-refractivity contribution in [2.45, 2.75) is 25.3 Å². The van der Waals surface area contributed by atoms with Crippen LogP contribution in [-0.2, 0) is 15.6 Å². The summed E-state index contributed by atoms with van der Waals surface area (Å²) in [6.45, 7) is 4.42. The van der Waals surface area contributed by atoms with Gasteiger partial charge in [0.1, 0.15) is 0 Å². The zero-order valence-electron chi connectivity index (χ0n) is 8.94. The maximum Gasteiger partial charge on any atom is 0.262 e. The summed E-state index contributed by atoms with van der Waals surface area (Å²) < 4.78 is 24.6. The Bertz CT molecular complexity index is 646. The third kappa shape index (κ3) is 1.70. The molecule has 0 aliphatic rings. The van der Waals surface area contributed by atoms with Crippen LogP contribution in [0.3, 0.4) is 0 Å². The Morgan fingerprint density at radius 2 is 2.12 bits per heavy atom. The number of benzene rings is 1. The standard InChI is InChI=1S/C10H11ClN2O2S/c1-3-13-8-5-4-6-9(16(11,14)15)10(8)7(2)12-13/h4-6H,3H2,1-2H3. The SMILES string of the molecule is CCn1nc(C)c2c(S(=O)(=O)Cl)cccc21. The van der Waals surface area contributed by atoms with Gasteiger partial charge in [0, 0.05) is 22.6 Å². The summed E-state index contributed by atoms with van der Waals surface area (Å²) in [7, 11) is 1.67. The maximum absolute atomic E-state index is 11.4. The first-order valence-electron chi connectivity index (χ1n) is 4.86. The minimum absolute atomic E-state index is 0.129. The average molecular weight is 259 g/mol. The van der Waals surface area contributed by atoms with Crippen LogP contribution in [0.5, 0.6) is 0 Å². The molecule has 0 aliphatic heterocycles. The van der Waals surface area contributed by atoms with E-state index in [1.54, 1.807) is 17.7 Å². The van der Waals surface area contributed by atoms with Gasteiger partial charge in [0.05, 0.1) is 16.1 Å². The molecule has 0 fully saturated rings. The van der Waals surface area contributed by atoms with E-state index in [-0.39, 0.29) is 4.90 Å². The van der Waals surface area contributed by atoms with E-state index in [0.29, 0.717) is 17.6 Å². The van der Waals surface area contributed by atoms with E-state index in [4.69, 9.17) is 10.7 Å². The van der Waals surface area contributed by atoms with Gasteiger partial charge in [-0.1, -0.05) is 6.07 Å². The molecule has 2 rings (SSSR count). The summed E-state index contributed by atoms with van der Waals surface area (Å²) in [5, 5.41) is 4.89. The molecule has 1 heterocycles. The van der Waals surface area contributed by atoms with Crippen molar-refractivity contribution in [1.29, 1.82) is 0 Å². The molecule has 0 spiro atoms. The second-order valence-corrected chi connectivity index (χ2v) is 6.02. The molecule has 1 aromatic carbocycles. The maximum atomic E-state index is 11.4. The molecule has 4 nitrogen and oxygen atoms in total. The number of aryl methyl sites for hydroxylation is 2. The van der Waals surface area contributed by atoms with Gasteiger partial charge in [-0.3, -0.25) is 4.68 Å². The Morgan fingerprint density at radius 3 is 2.69 bits per heavy atom. The molecule has 0 bridgehead atoms. The summed E-state index contributed by atoms with van der Waals surface area (Å²) in [4.78, 5) is 0.129. The van der Waals surface area contributed by atoms with Crippen molar-refractivity contribution in [1.82, 2.24) is 9.78 Å². The molecule has 86 valence electrons. The molecule has 1 aromatic heterocycles. The highest BCUT2D eigenvalue weighted by atomic mass is 35.7. The minimum atomic E-state index is -3.73. The van der Waals surface area contributed by atoms with E-state index < -0.39 is 9.05 Å². The zero-order chi connectivity index (χ0) is 11.9. The van der Waals surface area contributed by atoms with Gasteiger partial charge in [-0.15, -0.1) is 0 Å². The van der Waals surface area contributed by atoms with Crippen LogP contribution < -0.4 is 0 Å². The van der Waals surface area contributed by atoms with Crippen LogP contribution in [0.4, 0.5) is 0 Å². The molecule has 2 aromatic rings. The smallest absolute Gasteiger partial charge is 0.262 e. The average Bonchev–Trinajstić information content (AvgIpc) is 2.54. The third-order valence-electron chi connectivity index (χ3n) is 2.48. The number of fused-ring (bicyclic) bond motifs is 1. The van der Waals surface area contributed by atoms with E-state index in [1.165, 1.54) is 6.07 Å². The molecular weight excluding hydrogens is 248 g/mol. The monoisotopic (exact) mass is 258 g/mol. The van der Waals surface area contributed by atoms with Crippen LogP contribution in [0, 0.1) is 6.92 Å². The van der Waals surface area contributed by atoms with Crippen molar-refractivity contribution < 1.29 is 8.42 Å². The molecule has 0 N–H and O–H groups in total. The number of hydrogen-bond acceptors (Lipinski definition) is 3. The predicted molar refractivity (Wildman–Crippen MR) is 63.2 cm³/mol. The van der Waals surface area contributed by atoms with Crippen LogP contribution >= 0.6 is 10.7 Å². The van der Waals surface area contributed by atoms with Gasteiger partial charge in [-0.05, 0) is 26.0 Å². The van der Waals surface area contributed by atoms with Crippen LogP contribution in [0.25, 0.3) is 10.9 Å². The van der Waals surface area contributed by atoms with Gasteiger partial charge in [-0.25, -0.2) is 8.42 Å². The summed E-state index contributed by atoms with van der Waals surface area (Å²) >= 11 is 0. The molecule has 0 amide bonds. The normalized spacial score (nSPS) is 12.2. The van der Waals surface area contributed by atoms with Crippen molar-refractivity contribution in [2.24, 2.45) is 0 Å². The third-order valence-corrected chi connectivity index (χ3v) is 3.84. The number of nitrogens with zero attached hydrogens (tertiary/aromatic N) is 2. The second-order valence-electron chi connectivity index (χ2n) is 3.49. The van der Waals surface area contributed by atoms with Gasteiger partial charge in [0.25, 0.3) is 9.05 Å². The van der Waals surface area contributed by atoms with E-state index >= 15 is 0 Å². The first-order chi connectivity index (χ1) is 7.45. The minimum Gasteiger partial charge on any atom is -0.265 e. The molecule has 0 radical (unpaired) electrons. The first-order valence-corrected chi connectivity index (χ1v) is 7.17. The Hall–Kier alpha value is -1.07. The van der Waals surface area contributed by atoms with Crippen molar-refractivity contribution >= 4 is 30.6 Å². The first kappa shape index (κ1) is 11.4. The number of aromatic nitrogens is 2. The highest BCUT2D eigenvalue weighted by Crippen LogP contribution is 2.28. The fourth-order valence-electron chi connectivity index (χ4n) is 1.83. The van der Waals surface area contributed by atoms with Gasteiger partial charge < -0.3 is 0 Å². The topological polar surface area (TPSA) is 52.0 Å². The van der Waals surface area contributed by atoms with Crippen LogP contribution in [0.1, 0.15) is 12.6 Å². The van der Waals surface area contributed by atoms with Crippen molar-refractivity contribution in [3.8, 4) is 0 Å². The number of rotatable bonds is 2. The lowest BCUT2D eigenvalue weighted by Crippen LogP contribution is -1.96. The molecular formula is C10H11ClN2O2S. The molecule has 16 heavy (non-hydrogen) atoms. The molecule has 0 unspecified atom stereocenters. The molecule has 0 aliphatic carbocycles. The highest BCUT2D eigenvalue weighted by Gasteiger charge is 2.18. The largest absolute Gasteiger partial charge is 0.265 e. The van der Waals surface area contributed by atoms with E-state index in [1.807, 2.05) is 13.0 Å². The van der Waals surface area contributed by atoms with Gasteiger partial charge in [0.2, 0.25) is 0 Å². The van der Waals surface area contributed by atoms with Crippen molar-refractivity contribution in [2.75, 3.05) is 0 Å². The summed E-state index contributed by atoms with van der Waals surface area (Å²) in [6.07, 6.45) is 0. The van der Waals surface area contributed by atoms with Crippen LogP contribution in [0.15, 0.2) is 23.1 Å². The Balaban J connectivity index is 2.94. The lowest BCUT2D eigenvalue weighted by molar-refractivity contribution is 0.610. The van der Waals surface area contributed by atoms with Crippen molar-refractivity contribution in [3.63, 3.8) is 0 Å². The van der Waals surface area contributed by atoms with Crippen LogP contribution in [0.2, 0.25) is 0 Å². The quantitative estimate of drug-likeness (QED) is 0.777.